The number of nitro groups is 1. The van der Waals surface area contributed by atoms with Gasteiger partial charge in [-0.1, -0.05) is 49.0 Å². The van der Waals surface area contributed by atoms with E-state index in [-0.39, 0.29) is 11.3 Å². The first kappa shape index (κ1) is 16.2. The Kier molecular flexibility index (Phi) is 4.43. The lowest BCUT2D eigenvalue weighted by Crippen LogP contribution is -2.35. The molecule has 25 heavy (non-hydrogen) atoms. The number of carbonyl (C=O) groups is 1. The number of nitrogens with one attached hydrogen (secondary N) is 2. The van der Waals surface area contributed by atoms with Crippen LogP contribution in [-0.4, -0.2) is 10.8 Å². The fraction of sp³-hybridized carbons (Fsp3) is 0. The van der Waals surface area contributed by atoms with Crippen molar-refractivity contribution in [1.29, 1.82) is 0 Å². The van der Waals surface area contributed by atoms with Gasteiger partial charge in [-0.15, -0.1) is 0 Å². The summed E-state index contributed by atoms with van der Waals surface area (Å²) in [5.41, 5.74) is 6.65. The van der Waals surface area contributed by atoms with Crippen molar-refractivity contribution in [2.45, 2.75) is 0 Å². The van der Waals surface area contributed by atoms with Crippen LogP contribution in [0.5, 0.6) is 0 Å². The van der Waals surface area contributed by atoms with E-state index in [1.165, 1.54) is 24.3 Å². The SMILES string of the molecule is C=C(NNC(=O)c1cccc([N+](=O)[O-])c1)c1ccc2ccccc2c1. The Bertz CT molecular complexity index is 982. The molecule has 3 aromatic carbocycles. The van der Waals surface area contributed by atoms with Crippen LogP contribution in [-0.2, 0) is 0 Å². The highest BCUT2D eigenvalue weighted by molar-refractivity contribution is 5.95. The van der Waals surface area contributed by atoms with Gasteiger partial charge >= 0.3 is 0 Å². The molecule has 2 N–H and O–H groups in total. The summed E-state index contributed by atoms with van der Waals surface area (Å²) in [6.45, 7) is 3.91. The molecule has 0 unspecified atom stereocenters. The van der Waals surface area contributed by atoms with Gasteiger partial charge in [-0.3, -0.25) is 25.8 Å². The minimum Gasteiger partial charge on any atom is -0.298 e. The lowest BCUT2D eigenvalue weighted by molar-refractivity contribution is -0.384. The number of carbonyl (C=O) groups excluding carboxylic acids is 1. The third-order valence-corrected chi connectivity index (χ3v) is 3.74. The Morgan fingerprint density at radius 3 is 2.40 bits per heavy atom. The van der Waals surface area contributed by atoms with Gasteiger partial charge in [0.1, 0.15) is 0 Å². The first-order valence-electron chi connectivity index (χ1n) is 7.53. The monoisotopic (exact) mass is 333 g/mol. The average Bonchev–Trinajstić information content (AvgIpc) is 2.65. The largest absolute Gasteiger partial charge is 0.298 e. The number of nitro benzene ring substituents is 1. The van der Waals surface area contributed by atoms with Crippen LogP contribution in [0.1, 0.15) is 15.9 Å². The average molecular weight is 333 g/mol. The molecule has 0 heterocycles. The predicted molar refractivity (Wildman–Crippen MR) is 96.7 cm³/mol. The van der Waals surface area contributed by atoms with Gasteiger partial charge in [0.2, 0.25) is 0 Å². The minimum atomic E-state index is -0.543. The fourth-order valence-electron chi connectivity index (χ4n) is 2.41. The molecule has 0 bridgehead atoms. The molecule has 0 radical (unpaired) electrons. The summed E-state index contributed by atoms with van der Waals surface area (Å²) in [6, 6.07) is 19.3. The van der Waals surface area contributed by atoms with Crippen molar-refractivity contribution >= 4 is 28.1 Å². The van der Waals surface area contributed by atoms with Gasteiger partial charge < -0.3 is 0 Å². The number of nitrogens with zero attached hydrogens (tertiary/aromatic N) is 1. The summed E-state index contributed by atoms with van der Waals surface area (Å²) >= 11 is 0. The first-order valence-corrected chi connectivity index (χ1v) is 7.53. The summed E-state index contributed by atoms with van der Waals surface area (Å²) in [4.78, 5) is 22.4. The Balaban J connectivity index is 1.69. The lowest BCUT2D eigenvalue weighted by atomic mass is 10.1. The maximum Gasteiger partial charge on any atom is 0.270 e. The molecule has 0 saturated carbocycles. The second-order valence-corrected chi connectivity index (χ2v) is 5.43. The van der Waals surface area contributed by atoms with E-state index < -0.39 is 10.8 Å². The van der Waals surface area contributed by atoms with Crippen LogP contribution in [0.3, 0.4) is 0 Å². The Morgan fingerprint density at radius 1 is 0.880 bits per heavy atom. The molecular formula is C19H15N3O3. The van der Waals surface area contributed by atoms with Crippen molar-refractivity contribution in [2.75, 3.05) is 0 Å². The number of non-ortho nitro benzene ring substituents is 1. The van der Waals surface area contributed by atoms with E-state index in [9.17, 15) is 14.9 Å². The summed E-state index contributed by atoms with van der Waals surface area (Å²) in [5.74, 6) is -0.481. The highest BCUT2D eigenvalue weighted by Gasteiger charge is 2.11. The van der Waals surface area contributed by atoms with Gasteiger partial charge in [0.15, 0.2) is 0 Å². The molecule has 124 valence electrons. The Labute approximate surface area is 143 Å². The highest BCUT2D eigenvalue weighted by Crippen LogP contribution is 2.19. The first-order chi connectivity index (χ1) is 12.0. The van der Waals surface area contributed by atoms with Crippen LogP contribution < -0.4 is 10.9 Å². The summed E-state index contributed by atoms with van der Waals surface area (Å²) in [5, 5.41) is 13.0. The van der Waals surface area contributed by atoms with Crippen molar-refractivity contribution in [3.8, 4) is 0 Å². The number of rotatable bonds is 5. The summed E-state index contributed by atoms with van der Waals surface area (Å²) in [6.07, 6.45) is 0. The van der Waals surface area contributed by atoms with E-state index in [0.29, 0.717) is 5.70 Å². The second kappa shape index (κ2) is 6.84. The molecule has 0 aliphatic carbocycles. The number of fused-ring (bicyclic) bond motifs is 1. The van der Waals surface area contributed by atoms with E-state index >= 15 is 0 Å². The van der Waals surface area contributed by atoms with Crippen molar-refractivity contribution in [3.63, 3.8) is 0 Å². The van der Waals surface area contributed by atoms with E-state index in [0.717, 1.165) is 16.3 Å². The predicted octanol–water partition coefficient (Wildman–Crippen LogP) is 3.65. The number of hydrogen-bond acceptors (Lipinski definition) is 4. The zero-order valence-corrected chi connectivity index (χ0v) is 13.2. The molecular weight excluding hydrogens is 318 g/mol. The zero-order chi connectivity index (χ0) is 17.8. The maximum atomic E-state index is 12.1. The van der Waals surface area contributed by atoms with Crippen molar-refractivity contribution < 1.29 is 9.72 Å². The molecule has 0 aromatic heterocycles. The lowest BCUT2D eigenvalue weighted by Gasteiger charge is -2.12. The Hall–Kier alpha value is -3.67. The van der Waals surface area contributed by atoms with E-state index in [2.05, 4.69) is 17.4 Å². The molecule has 0 fully saturated rings. The standard InChI is InChI=1S/C19H15N3O3/c1-13(15-10-9-14-5-2-3-6-16(14)11-15)20-21-19(23)17-7-4-8-18(12-17)22(24)25/h2-12,20H,1H2,(H,21,23). The zero-order valence-electron chi connectivity index (χ0n) is 13.2. The van der Waals surface area contributed by atoms with Crippen LogP contribution in [0.4, 0.5) is 5.69 Å². The highest BCUT2D eigenvalue weighted by atomic mass is 16.6. The molecule has 3 aromatic rings. The summed E-state index contributed by atoms with van der Waals surface area (Å²) in [7, 11) is 0. The second-order valence-electron chi connectivity index (χ2n) is 5.43. The molecule has 3 rings (SSSR count). The van der Waals surface area contributed by atoms with Gasteiger partial charge in [-0.2, -0.15) is 0 Å². The third kappa shape index (κ3) is 3.64. The normalized spacial score (nSPS) is 10.2. The van der Waals surface area contributed by atoms with Gasteiger partial charge in [-0.25, -0.2) is 0 Å². The van der Waals surface area contributed by atoms with Gasteiger partial charge in [-0.05, 0) is 28.5 Å². The molecule has 0 saturated heterocycles. The Morgan fingerprint density at radius 2 is 1.64 bits per heavy atom. The van der Waals surface area contributed by atoms with E-state index in [4.69, 9.17) is 0 Å². The van der Waals surface area contributed by atoms with Crippen molar-refractivity contribution in [3.05, 3.63) is 94.6 Å². The number of hydrazine groups is 1. The smallest absolute Gasteiger partial charge is 0.270 e. The van der Waals surface area contributed by atoms with Gasteiger partial charge in [0.25, 0.3) is 11.6 Å². The van der Waals surface area contributed by atoms with Crippen LogP contribution in [0, 0.1) is 10.1 Å². The number of benzene rings is 3. The molecule has 0 aliphatic heterocycles. The van der Waals surface area contributed by atoms with Crippen molar-refractivity contribution in [2.24, 2.45) is 0 Å². The topological polar surface area (TPSA) is 84.3 Å². The van der Waals surface area contributed by atoms with Crippen LogP contribution >= 0.6 is 0 Å². The van der Waals surface area contributed by atoms with Crippen molar-refractivity contribution in [1.82, 2.24) is 10.9 Å². The van der Waals surface area contributed by atoms with Crippen LogP contribution in [0.2, 0.25) is 0 Å². The molecule has 6 nitrogen and oxygen atoms in total. The minimum absolute atomic E-state index is 0.138. The molecule has 0 atom stereocenters. The molecule has 6 heteroatoms. The third-order valence-electron chi connectivity index (χ3n) is 3.74. The fourth-order valence-corrected chi connectivity index (χ4v) is 2.41. The summed E-state index contributed by atoms with van der Waals surface area (Å²) < 4.78 is 0. The quantitative estimate of drug-likeness (QED) is 0.551. The maximum absolute atomic E-state index is 12.1. The van der Waals surface area contributed by atoms with Gasteiger partial charge in [0.05, 0.1) is 10.6 Å². The number of amides is 1. The molecule has 1 amide bonds. The van der Waals surface area contributed by atoms with Crippen LogP contribution in [0.25, 0.3) is 16.5 Å². The number of hydrogen-bond donors (Lipinski definition) is 2. The van der Waals surface area contributed by atoms with Gasteiger partial charge in [0, 0.05) is 17.7 Å². The molecule has 0 aliphatic rings. The molecule has 0 spiro atoms. The van der Waals surface area contributed by atoms with E-state index in [1.54, 1.807) is 0 Å². The van der Waals surface area contributed by atoms with E-state index in [1.807, 2.05) is 42.5 Å². The van der Waals surface area contributed by atoms with Crippen LogP contribution in [0.15, 0.2) is 73.3 Å².